The fourth-order valence-electron chi connectivity index (χ4n) is 7.44. The lowest BCUT2D eigenvalue weighted by molar-refractivity contribution is -0.119. The van der Waals surface area contributed by atoms with Gasteiger partial charge in [-0.1, -0.05) is 110 Å². The first-order valence-corrected chi connectivity index (χ1v) is 17.6. The maximum absolute atomic E-state index is 12.8. The van der Waals surface area contributed by atoms with Crippen molar-refractivity contribution in [1.29, 1.82) is 0 Å². The van der Waals surface area contributed by atoms with Crippen LogP contribution in [0.25, 0.3) is 0 Å². The number of nitrogens with zero attached hydrogens (tertiary/aromatic N) is 7. The van der Waals surface area contributed by atoms with E-state index in [1.165, 1.54) is 43.2 Å². The van der Waals surface area contributed by atoms with Crippen LogP contribution in [0.3, 0.4) is 0 Å². The smallest absolute Gasteiger partial charge is 0.248 e. The number of carbonyl (C=O) groups excluding carboxylic acids is 1. The van der Waals surface area contributed by atoms with E-state index in [9.17, 15) is 4.79 Å². The van der Waals surface area contributed by atoms with E-state index in [2.05, 4.69) is 91.1 Å². The predicted octanol–water partition coefficient (Wildman–Crippen LogP) is 4.92. The molecule has 1 amide bonds. The van der Waals surface area contributed by atoms with E-state index in [-0.39, 0.29) is 18.4 Å². The summed E-state index contributed by atoms with van der Waals surface area (Å²) in [6, 6.07) is 32.1. The molecule has 4 aromatic rings. The maximum Gasteiger partial charge on any atom is 0.248 e. The SMILES string of the molecule is O=C(Cc1ccccc1)NNc1nc(N2CCN(C3CCCCC3)CC2)nc(N2CCN(C(c3ccccc3)c3ccccc3)CC2)n1. The molecule has 3 fully saturated rings. The molecule has 10 nitrogen and oxygen atoms in total. The van der Waals surface area contributed by atoms with Crippen molar-refractivity contribution in [2.45, 2.75) is 50.6 Å². The van der Waals surface area contributed by atoms with E-state index < -0.39 is 0 Å². The zero-order valence-electron chi connectivity index (χ0n) is 27.8. The third-order valence-corrected chi connectivity index (χ3v) is 10.0. The van der Waals surface area contributed by atoms with Crippen molar-refractivity contribution >= 4 is 23.8 Å². The van der Waals surface area contributed by atoms with E-state index in [0.29, 0.717) is 23.9 Å². The van der Waals surface area contributed by atoms with Crippen LogP contribution in [0.2, 0.25) is 0 Å². The molecule has 3 heterocycles. The van der Waals surface area contributed by atoms with Crippen LogP contribution in [-0.4, -0.2) is 89.1 Å². The molecule has 0 atom stereocenters. The number of hydrazine groups is 1. The lowest BCUT2D eigenvalue weighted by Gasteiger charge is -2.41. The van der Waals surface area contributed by atoms with Crippen LogP contribution in [0.5, 0.6) is 0 Å². The molecule has 3 aliphatic rings. The molecule has 1 aromatic heterocycles. The quantitative estimate of drug-likeness (QED) is 0.233. The number of piperazine rings is 2. The average Bonchev–Trinajstić information content (AvgIpc) is 3.16. The number of rotatable bonds is 10. The second-order valence-electron chi connectivity index (χ2n) is 13.2. The summed E-state index contributed by atoms with van der Waals surface area (Å²) in [5, 5.41) is 0. The molecule has 0 radical (unpaired) electrons. The number of amides is 1. The summed E-state index contributed by atoms with van der Waals surface area (Å²) in [7, 11) is 0. The van der Waals surface area contributed by atoms with Gasteiger partial charge in [0.1, 0.15) is 0 Å². The number of hydrogen-bond acceptors (Lipinski definition) is 9. The molecular weight excluding hydrogens is 598 g/mol. The van der Waals surface area contributed by atoms with Gasteiger partial charge in [-0.25, -0.2) is 0 Å². The van der Waals surface area contributed by atoms with Gasteiger partial charge in [0.25, 0.3) is 0 Å². The Hall–Kier alpha value is -4.54. The summed E-state index contributed by atoms with van der Waals surface area (Å²) in [5.41, 5.74) is 9.38. The first-order valence-electron chi connectivity index (χ1n) is 17.6. The van der Waals surface area contributed by atoms with Gasteiger partial charge in [0.2, 0.25) is 23.8 Å². The van der Waals surface area contributed by atoms with E-state index in [0.717, 1.165) is 57.9 Å². The molecular formula is C38H47N9O. The molecule has 0 bridgehead atoms. The van der Waals surface area contributed by atoms with Gasteiger partial charge in [0.05, 0.1) is 12.5 Å². The predicted molar refractivity (Wildman–Crippen MR) is 191 cm³/mol. The lowest BCUT2D eigenvalue weighted by atomic mass is 9.94. The highest BCUT2D eigenvalue weighted by molar-refractivity contribution is 5.79. The normalized spacial score (nSPS) is 18.2. The molecule has 2 aliphatic heterocycles. The Labute approximate surface area is 284 Å². The summed E-state index contributed by atoms with van der Waals surface area (Å²) < 4.78 is 0. The van der Waals surface area contributed by atoms with Crippen LogP contribution < -0.4 is 20.7 Å². The van der Waals surface area contributed by atoms with Crippen molar-refractivity contribution in [3.05, 3.63) is 108 Å². The minimum Gasteiger partial charge on any atom is -0.338 e. The second kappa shape index (κ2) is 15.6. The number of nitrogens with one attached hydrogen (secondary N) is 2. The number of aromatic nitrogens is 3. The molecule has 2 N–H and O–H groups in total. The van der Waals surface area contributed by atoms with Gasteiger partial charge < -0.3 is 9.80 Å². The summed E-state index contributed by atoms with van der Waals surface area (Å²) >= 11 is 0. The van der Waals surface area contributed by atoms with Crippen molar-refractivity contribution in [1.82, 2.24) is 30.2 Å². The van der Waals surface area contributed by atoms with Crippen LogP contribution in [0.15, 0.2) is 91.0 Å². The Bertz CT molecular complexity index is 1550. The van der Waals surface area contributed by atoms with Crippen LogP contribution >= 0.6 is 0 Å². The molecule has 250 valence electrons. The summed E-state index contributed by atoms with van der Waals surface area (Å²) in [4.78, 5) is 37.2. The van der Waals surface area contributed by atoms with Crippen LogP contribution in [-0.2, 0) is 11.2 Å². The van der Waals surface area contributed by atoms with Crippen molar-refractivity contribution in [2.24, 2.45) is 0 Å². The summed E-state index contributed by atoms with van der Waals surface area (Å²) in [6.45, 7) is 7.09. The van der Waals surface area contributed by atoms with E-state index in [4.69, 9.17) is 15.0 Å². The van der Waals surface area contributed by atoms with Crippen molar-refractivity contribution < 1.29 is 4.79 Å². The largest absolute Gasteiger partial charge is 0.338 e. The molecule has 0 unspecified atom stereocenters. The fraction of sp³-hybridized carbons (Fsp3) is 0.421. The van der Waals surface area contributed by atoms with Crippen LogP contribution in [0.1, 0.15) is 54.8 Å². The van der Waals surface area contributed by atoms with Crippen molar-refractivity contribution in [3.63, 3.8) is 0 Å². The number of benzene rings is 3. The Morgan fingerprint density at radius 1 is 0.646 bits per heavy atom. The number of carbonyl (C=O) groups is 1. The topological polar surface area (TPSA) is 92.8 Å². The highest BCUT2D eigenvalue weighted by atomic mass is 16.2. The zero-order chi connectivity index (χ0) is 32.5. The van der Waals surface area contributed by atoms with E-state index in [1.54, 1.807) is 0 Å². The lowest BCUT2D eigenvalue weighted by Crippen LogP contribution is -2.51. The maximum atomic E-state index is 12.8. The first kappa shape index (κ1) is 32.0. The van der Waals surface area contributed by atoms with Gasteiger partial charge >= 0.3 is 0 Å². The Morgan fingerprint density at radius 3 is 1.73 bits per heavy atom. The van der Waals surface area contributed by atoms with Gasteiger partial charge in [-0.3, -0.25) is 25.4 Å². The van der Waals surface area contributed by atoms with Crippen molar-refractivity contribution in [2.75, 3.05) is 67.6 Å². The van der Waals surface area contributed by atoms with Crippen molar-refractivity contribution in [3.8, 4) is 0 Å². The monoisotopic (exact) mass is 645 g/mol. The van der Waals surface area contributed by atoms with E-state index in [1.807, 2.05) is 30.3 Å². The minimum absolute atomic E-state index is 0.146. The number of anilines is 3. The highest BCUT2D eigenvalue weighted by Crippen LogP contribution is 2.30. The standard InChI is InChI=1S/C38H47N9O/c48-34(29-30-13-5-1-6-14-30)42-43-36-39-37(46-25-21-44(22-26-46)33-19-11-4-12-20-33)41-38(40-36)47-27-23-45(24-28-47)35(31-15-7-2-8-16-31)32-17-9-3-10-18-32/h1-3,5-10,13-18,33,35H,4,11-12,19-29H2,(H,42,48)(H,39,40,41,43). The molecule has 10 heteroatoms. The molecule has 3 aromatic carbocycles. The van der Waals surface area contributed by atoms with Gasteiger partial charge in [0, 0.05) is 58.4 Å². The Kier molecular flexibility index (Phi) is 10.4. The first-order chi connectivity index (χ1) is 23.7. The molecule has 2 saturated heterocycles. The van der Waals surface area contributed by atoms with E-state index >= 15 is 0 Å². The average molecular weight is 646 g/mol. The summed E-state index contributed by atoms with van der Waals surface area (Å²) in [6.07, 6.45) is 6.96. The third-order valence-electron chi connectivity index (χ3n) is 10.0. The van der Waals surface area contributed by atoms with Crippen LogP contribution in [0.4, 0.5) is 17.8 Å². The molecule has 48 heavy (non-hydrogen) atoms. The fourth-order valence-corrected chi connectivity index (χ4v) is 7.44. The van der Waals surface area contributed by atoms with Crippen LogP contribution in [0, 0.1) is 0 Å². The number of hydrogen-bond donors (Lipinski definition) is 2. The highest BCUT2D eigenvalue weighted by Gasteiger charge is 2.30. The third kappa shape index (κ3) is 7.94. The van der Waals surface area contributed by atoms with Gasteiger partial charge in [-0.2, -0.15) is 15.0 Å². The molecule has 1 saturated carbocycles. The molecule has 0 spiro atoms. The second-order valence-corrected chi connectivity index (χ2v) is 13.2. The minimum atomic E-state index is -0.146. The Balaban J connectivity index is 1.07. The van der Waals surface area contributed by atoms with Gasteiger partial charge in [-0.15, -0.1) is 0 Å². The molecule has 1 aliphatic carbocycles. The van der Waals surface area contributed by atoms with Gasteiger partial charge in [-0.05, 0) is 29.5 Å². The molecule has 7 rings (SSSR count). The zero-order valence-corrected chi connectivity index (χ0v) is 27.8. The Morgan fingerprint density at radius 2 is 1.17 bits per heavy atom. The summed E-state index contributed by atoms with van der Waals surface area (Å²) in [5.74, 6) is 1.52. The van der Waals surface area contributed by atoms with Gasteiger partial charge in [0.15, 0.2) is 0 Å².